The average Bonchev–Trinajstić information content (AvgIpc) is 3.53. The Labute approximate surface area is 191 Å². The number of ether oxygens (including phenoxy) is 2. The molecule has 0 N–H and O–H groups in total. The summed E-state index contributed by atoms with van der Waals surface area (Å²) in [5.74, 6) is -1.25. The normalized spacial score (nSPS) is 15.3. The van der Waals surface area contributed by atoms with Crippen molar-refractivity contribution in [3.8, 4) is 16.9 Å². The molecule has 1 unspecified atom stereocenters. The molecule has 10 heteroatoms. The Hall–Kier alpha value is -2.42. The van der Waals surface area contributed by atoms with E-state index in [1.165, 1.54) is 12.1 Å². The van der Waals surface area contributed by atoms with Crippen LogP contribution >= 0.6 is 11.6 Å². The summed E-state index contributed by atoms with van der Waals surface area (Å²) in [5.41, 5.74) is -0.430. The molecule has 1 atom stereocenters. The zero-order valence-corrected chi connectivity index (χ0v) is 18.3. The minimum Gasteiger partial charge on any atom is -0.483 e. The van der Waals surface area contributed by atoms with Crippen LogP contribution in [0.15, 0.2) is 36.4 Å². The second-order valence-corrected chi connectivity index (χ2v) is 8.25. The molecule has 33 heavy (non-hydrogen) atoms. The van der Waals surface area contributed by atoms with Gasteiger partial charge in [-0.15, -0.1) is 0 Å². The first-order chi connectivity index (χ1) is 15.4. The van der Waals surface area contributed by atoms with Gasteiger partial charge in [-0.2, -0.15) is 26.3 Å². The molecule has 0 radical (unpaired) electrons. The highest BCUT2D eigenvalue weighted by atomic mass is 35.5. The third-order valence-corrected chi connectivity index (χ3v) is 5.51. The predicted molar refractivity (Wildman–Crippen MR) is 110 cm³/mol. The average molecular weight is 495 g/mol. The number of hydrogen-bond donors (Lipinski definition) is 0. The number of benzene rings is 2. The maximum absolute atomic E-state index is 12.9. The summed E-state index contributed by atoms with van der Waals surface area (Å²) in [7, 11) is 0. The van der Waals surface area contributed by atoms with Crippen molar-refractivity contribution in [1.82, 2.24) is 0 Å². The van der Waals surface area contributed by atoms with Crippen molar-refractivity contribution in [3.05, 3.63) is 52.5 Å². The topological polar surface area (TPSA) is 35.5 Å². The molecule has 0 aromatic heterocycles. The van der Waals surface area contributed by atoms with Crippen LogP contribution in [-0.2, 0) is 15.7 Å². The first kappa shape index (κ1) is 25.2. The molecule has 0 bridgehead atoms. The van der Waals surface area contributed by atoms with Crippen molar-refractivity contribution >= 4 is 17.6 Å². The van der Waals surface area contributed by atoms with E-state index in [9.17, 15) is 31.1 Å². The van der Waals surface area contributed by atoms with E-state index in [0.29, 0.717) is 17.9 Å². The summed E-state index contributed by atoms with van der Waals surface area (Å²) in [6, 6.07) is 6.55. The van der Waals surface area contributed by atoms with E-state index >= 15 is 0 Å². The Morgan fingerprint density at radius 1 is 1.09 bits per heavy atom. The SMILES string of the molecule is CCOC(=O)C(CC1CC1)c1cc(Cl)c(-c2ccc(C(F)(F)F)cc2)c(OCC(F)(F)F)c1. The van der Waals surface area contributed by atoms with Gasteiger partial charge in [-0.3, -0.25) is 4.79 Å². The zero-order valence-electron chi connectivity index (χ0n) is 17.5. The number of alkyl halides is 6. The van der Waals surface area contributed by atoms with Crippen molar-refractivity contribution in [2.45, 2.75) is 44.5 Å². The molecule has 3 nitrogen and oxygen atoms in total. The third-order valence-electron chi connectivity index (χ3n) is 5.21. The lowest BCUT2D eigenvalue weighted by Crippen LogP contribution is -2.20. The summed E-state index contributed by atoms with van der Waals surface area (Å²) in [6.45, 7) is 0.145. The summed E-state index contributed by atoms with van der Waals surface area (Å²) in [5, 5.41) is -0.0467. The van der Waals surface area contributed by atoms with Crippen LogP contribution in [0.25, 0.3) is 11.1 Å². The van der Waals surface area contributed by atoms with Crippen molar-refractivity contribution in [1.29, 1.82) is 0 Å². The molecule has 180 valence electrons. The molecule has 2 aromatic rings. The molecular formula is C23H21ClF6O3. The van der Waals surface area contributed by atoms with Crippen molar-refractivity contribution < 1.29 is 40.6 Å². The van der Waals surface area contributed by atoms with Gasteiger partial charge in [0.1, 0.15) is 5.75 Å². The lowest BCUT2D eigenvalue weighted by molar-refractivity contribution is -0.153. The highest BCUT2D eigenvalue weighted by molar-refractivity contribution is 6.33. The lowest BCUT2D eigenvalue weighted by Gasteiger charge is -2.21. The smallest absolute Gasteiger partial charge is 0.422 e. The van der Waals surface area contributed by atoms with Crippen LogP contribution in [0.3, 0.4) is 0 Å². The van der Waals surface area contributed by atoms with Gasteiger partial charge in [0.15, 0.2) is 6.61 Å². The van der Waals surface area contributed by atoms with E-state index in [0.717, 1.165) is 37.1 Å². The second-order valence-electron chi connectivity index (χ2n) is 7.84. The Bertz CT molecular complexity index is 981. The molecule has 1 aliphatic carbocycles. The van der Waals surface area contributed by atoms with Gasteiger partial charge in [-0.1, -0.05) is 36.6 Å². The van der Waals surface area contributed by atoms with Gasteiger partial charge >= 0.3 is 18.3 Å². The van der Waals surface area contributed by atoms with Crippen LogP contribution < -0.4 is 4.74 Å². The maximum Gasteiger partial charge on any atom is 0.422 e. The van der Waals surface area contributed by atoms with Crippen molar-refractivity contribution in [2.75, 3.05) is 13.2 Å². The Morgan fingerprint density at radius 3 is 2.24 bits per heavy atom. The minimum atomic E-state index is -4.66. The van der Waals surface area contributed by atoms with Crippen molar-refractivity contribution in [2.24, 2.45) is 5.92 Å². The van der Waals surface area contributed by atoms with Crippen LogP contribution in [0, 0.1) is 5.92 Å². The van der Waals surface area contributed by atoms with E-state index in [2.05, 4.69) is 0 Å². The van der Waals surface area contributed by atoms with Gasteiger partial charge in [-0.05, 0) is 54.7 Å². The van der Waals surface area contributed by atoms with E-state index in [-0.39, 0.29) is 28.5 Å². The fraction of sp³-hybridized carbons (Fsp3) is 0.435. The second kappa shape index (κ2) is 9.83. The molecule has 1 saturated carbocycles. The molecule has 2 aromatic carbocycles. The van der Waals surface area contributed by atoms with Gasteiger partial charge < -0.3 is 9.47 Å². The largest absolute Gasteiger partial charge is 0.483 e. The van der Waals surface area contributed by atoms with Gasteiger partial charge in [-0.25, -0.2) is 0 Å². The molecule has 3 rings (SSSR count). The Balaban J connectivity index is 2.05. The Morgan fingerprint density at radius 2 is 1.73 bits per heavy atom. The van der Waals surface area contributed by atoms with Gasteiger partial charge in [0, 0.05) is 5.56 Å². The fourth-order valence-corrected chi connectivity index (χ4v) is 3.81. The number of carbonyl (C=O) groups excluding carboxylic acids is 1. The van der Waals surface area contributed by atoms with Crippen LogP contribution in [0.4, 0.5) is 26.3 Å². The highest BCUT2D eigenvalue weighted by Gasteiger charge is 2.34. The molecule has 0 aliphatic heterocycles. The summed E-state index contributed by atoms with van der Waals surface area (Å²) < 4.78 is 87.5. The molecule has 1 aliphatic rings. The molecule has 0 heterocycles. The van der Waals surface area contributed by atoms with E-state index in [1.54, 1.807) is 6.92 Å². The molecule has 1 fully saturated rings. The van der Waals surface area contributed by atoms with Crippen LogP contribution in [0.5, 0.6) is 5.75 Å². The van der Waals surface area contributed by atoms with Crippen LogP contribution in [-0.4, -0.2) is 25.4 Å². The predicted octanol–water partition coefficient (Wildman–Crippen LogP) is 7.41. The third kappa shape index (κ3) is 6.79. The standard InChI is InChI=1S/C23H21ClF6O3/c1-2-32-21(31)17(9-13-3-4-13)15-10-18(24)20(19(11-15)33-12-22(25,26)27)14-5-7-16(8-6-14)23(28,29)30/h5-8,10-11,13,17H,2-4,9,12H2,1H3. The highest BCUT2D eigenvalue weighted by Crippen LogP contribution is 2.44. The first-order valence-corrected chi connectivity index (χ1v) is 10.6. The molecule has 0 saturated heterocycles. The lowest BCUT2D eigenvalue weighted by atomic mass is 9.91. The number of rotatable bonds is 8. The number of halogens is 7. The van der Waals surface area contributed by atoms with Crippen molar-refractivity contribution in [3.63, 3.8) is 0 Å². The monoisotopic (exact) mass is 494 g/mol. The summed E-state index contributed by atoms with van der Waals surface area (Å²) in [4.78, 5) is 12.5. The van der Waals surface area contributed by atoms with E-state index < -0.39 is 36.4 Å². The number of carbonyl (C=O) groups is 1. The van der Waals surface area contributed by atoms with Crippen LogP contribution in [0.2, 0.25) is 5.02 Å². The summed E-state index contributed by atoms with van der Waals surface area (Å²) in [6.07, 6.45) is -6.91. The van der Waals surface area contributed by atoms with Gasteiger partial charge in [0.05, 0.1) is 23.1 Å². The van der Waals surface area contributed by atoms with Crippen LogP contribution in [0.1, 0.15) is 43.2 Å². The molecule has 0 amide bonds. The maximum atomic E-state index is 12.9. The number of hydrogen-bond acceptors (Lipinski definition) is 3. The summed E-state index contributed by atoms with van der Waals surface area (Å²) >= 11 is 6.39. The minimum absolute atomic E-state index is 0.00687. The first-order valence-electron chi connectivity index (χ1n) is 10.3. The Kier molecular flexibility index (Phi) is 7.51. The van der Waals surface area contributed by atoms with Gasteiger partial charge in [0.25, 0.3) is 0 Å². The van der Waals surface area contributed by atoms with Gasteiger partial charge in [0.2, 0.25) is 0 Å². The van der Waals surface area contributed by atoms with E-state index in [1.807, 2.05) is 0 Å². The number of esters is 1. The molecule has 0 spiro atoms. The van der Waals surface area contributed by atoms with E-state index in [4.69, 9.17) is 21.1 Å². The fourth-order valence-electron chi connectivity index (χ4n) is 3.48. The zero-order chi connectivity index (χ0) is 24.4. The quantitative estimate of drug-likeness (QED) is 0.283. The molecular weight excluding hydrogens is 474 g/mol.